The van der Waals surface area contributed by atoms with E-state index in [4.69, 9.17) is 5.26 Å². The van der Waals surface area contributed by atoms with Crippen LogP contribution in [-0.4, -0.2) is 29.0 Å². The molecule has 32 heavy (non-hydrogen) atoms. The third-order valence-electron chi connectivity index (χ3n) is 6.66. The minimum atomic E-state index is -0.909. The molecule has 1 unspecified atom stereocenters. The molecule has 0 spiro atoms. The number of H-pyrrole nitrogens is 1. The van der Waals surface area contributed by atoms with Gasteiger partial charge in [-0.15, -0.1) is 0 Å². The van der Waals surface area contributed by atoms with Gasteiger partial charge in [0.15, 0.2) is 0 Å². The molecular formula is C24H20FN5O2. The molecule has 7 nitrogen and oxygen atoms in total. The summed E-state index contributed by atoms with van der Waals surface area (Å²) in [6.45, 7) is 0. The predicted octanol–water partition coefficient (Wildman–Crippen LogP) is 2.38. The van der Waals surface area contributed by atoms with E-state index < -0.39 is 17.4 Å². The van der Waals surface area contributed by atoms with Crippen LogP contribution in [0.2, 0.25) is 0 Å². The van der Waals surface area contributed by atoms with Crippen molar-refractivity contribution in [3.63, 3.8) is 0 Å². The Morgan fingerprint density at radius 2 is 2.03 bits per heavy atom. The van der Waals surface area contributed by atoms with Gasteiger partial charge in [0.05, 0.1) is 29.3 Å². The van der Waals surface area contributed by atoms with Crippen LogP contribution in [-0.2, 0) is 11.2 Å². The van der Waals surface area contributed by atoms with Gasteiger partial charge in [0, 0.05) is 23.2 Å². The highest BCUT2D eigenvalue weighted by atomic mass is 19.1. The minimum absolute atomic E-state index is 0.0460. The fourth-order valence-electron chi connectivity index (χ4n) is 5.09. The largest absolute Gasteiger partial charge is 0.339 e. The number of halogens is 1. The highest BCUT2D eigenvalue weighted by Gasteiger charge is 2.43. The predicted molar refractivity (Wildman–Crippen MR) is 116 cm³/mol. The summed E-state index contributed by atoms with van der Waals surface area (Å²) >= 11 is 0. The molecule has 8 heteroatoms. The van der Waals surface area contributed by atoms with Gasteiger partial charge >= 0.3 is 0 Å². The van der Waals surface area contributed by atoms with Crippen LogP contribution in [0.25, 0.3) is 21.7 Å². The van der Waals surface area contributed by atoms with Crippen molar-refractivity contribution >= 4 is 27.6 Å². The van der Waals surface area contributed by atoms with Gasteiger partial charge in [-0.1, -0.05) is 6.07 Å². The summed E-state index contributed by atoms with van der Waals surface area (Å²) in [7, 11) is 0. The average Bonchev–Trinajstić information content (AvgIpc) is 3.43. The fourth-order valence-corrected chi connectivity index (χ4v) is 5.09. The Morgan fingerprint density at radius 1 is 1.19 bits per heavy atom. The number of benzene rings is 2. The molecule has 0 radical (unpaired) electrons. The molecular weight excluding hydrogens is 409 g/mol. The highest BCUT2D eigenvalue weighted by molar-refractivity contribution is 6.05. The number of nitriles is 2. The van der Waals surface area contributed by atoms with Crippen molar-refractivity contribution in [2.75, 3.05) is 0 Å². The van der Waals surface area contributed by atoms with Gasteiger partial charge < -0.3 is 15.6 Å². The van der Waals surface area contributed by atoms with Gasteiger partial charge in [-0.05, 0) is 60.4 Å². The summed E-state index contributed by atoms with van der Waals surface area (Å²) in [6, 6.07) is 10.7. The Labute approximate surface area is 182 Å². The van der Waals surface area contributed by atoms with Crippen molar-refractivity contribution in [2.24, 2.45) is 5.92 Å². The number of nitrogens with zero attached hydrogens (tertiary/aromatic N) is 2. The number of aromatic nitrogens is 1. The number of piperidine rings is 1. The minimum Gasteiger partial charge on any atom is -0.339 e. The monoisotopic (exact) mass is 429 g/mol. The van der Waals surface area contributed by atoms with Crippen LogP contribution in [0.5, 0.6) is 0 Å². The van der Waals surface area contributed by atoms with E-state index in [1.165, 1.54) is 12.1 Å². The molecule has 1 aliphatic heterocycles. The molecule has 1 saturated carbocycles. The molecule has 3 N–H and O–H groups in total. The van der Waals surface area contributed by atoms with E-state index in [1.807, 2.05) is 12.1 Å². The first-order valence-electron chi connectivity index (χ1n) is 10.6. The Bertz CT molecular complexity index is 1400. The lowest BCUT2D eigenvalue weighted by molar-refractivity contribution is -0.124. The van der Waals surface area contributed by atoms with Gasteiger partial charge in [0.2, 0.25) is 5.91 Å². The number of carbonyl (C=O) groups is 1. The Morgan fingerprint density at radius 3 is 2.72 bits per heavy atom. The van der Waals surface area contributed by atoms with Crippen LogP contribution < -0.4 is 16.2 Å². The zero-order valence-corrected chi connectivity index (χ0v) is 17.1. The average molecular weight is 429 g/mol. The summed E-state index contributed by atoms with van der Waals surface area (Å²) < 4.78 is 15.0. The standard InChI is InChI=1S/C24H20FN5O2/c25-20-9-18-17-4-1-12(10-26)5-21(17)30-23(31)19(18)8-14(20)7-16(11-27)29-24(32)22-13-2-3-15(6-13)28-22/h1,4-5,8-9,13,15-16,22,28H,2-3,6-7H2,(H,29,32)(H,30,31)/t13-,15+,16?,22-/m0/s1. The number of amides is 1. The molecule has 2 heterocycles. The summed E-state index contributed by atoms with van der Waals surface area (Å²) in [6.07, 6.45) is 3.00. The van der Waals surface area contributed by atoms with Gasteiger partial charge in [-0.2, -0.15) is 10.5 Å². The van der Waals surface area contributed by atoms with Crippen LogP contribution in [0.4, 0.5) is 4.39 Å². The van der Waals surface area contributed by atoms with Crippen molar-refractivity contribution in [1.82, 2.24) is 15.6 Å². The van der Waals surface area contributed by atoms with Crippen molar-refractivity contribution in [3.8, 4) is 12.1 Å². The summed E-state index contributed by atoms with van der Waals surface area (Å²) in [4.78, 5) is 28.0. The molecule has 1 aromatic heterocycles. The van der Waals surface area contributed by atoms with Crippen molar-refractivity contribution < 1.29 is 9.18 Å². The second-order valence-electron chi connectivity index (χ2n) is 8.62. The van der Waals surface area contributed by atoms with Crippen molar-refractivity contribution in [3.05, 3.63) is 57.6 Å². The first-order chi connectivity index (χ1) is 15.5. The zero-order chi connectivity index (χ0) is 22.4. The van der Waals surface area contributed by atoms with E-state index in [-0.39, 0.29) is 35.2 Å². The zero-order valence-electron chi connectivity index (χ0n) is 17.1. The summed E-state index contributed by atoms with van der Waals surface area (Å²) in [5.41, 5.74) is 0.618. The van der Waals surface area contributed by atoms with Crippen LogP contribution in [0.15, 0.2) is 35.1 Å². The highest BCUT2D eigenvalue weighted by Crippen LogP contribution is 2.35. The Kier molecular flexibility index (Phi) is 4.88. The van der Waals surface area contributed by atoms with Crippen LogP contribution in [0.3, 0.4) is 0 Å². The molecule has 5 rings (SSSR count). The van der Waals surface area contributed by atoms with Gasteiger partial charge in [0.25, 0.3) is 5.56 Å². The van der Waals surface area contributed by atoms with Crippen LogP contribution >= 0.6 is 0 Å². The van der Waals surface area contributed by atoms with Crippen LogP contribution in [0, 0.1) is 34.4 Å². The maximum absolute atomic E-state index is 15.0. The second-order valence-corrected chi connectivity index (χ2v) is 8.62. The first kappa shape index (κ1) is 20.2. The van der Waals surface area contributed by atoms with E-state index in [1.54, 1.807) is 18.2 Å². The number of fused-ring (bicyclic) bond motifs is 5. The van der Waals surface area contributed by atoms with E-state index in [2.05, 4.69) is 15.6 Å². The number of hydrogen-bond donors (Lipinski definition) is 3. The van der Waals surface area contributed by atoms with Crippen molar-refractivity contribution in [2.45, 2.75) is 43.8 Å². The number of aromatic amines is 1. The molecule has 2 aromatic carbocycles. The SMILES string of the molecule is N#Cc1ccc2c(c1)[nH]c(=O)c1cc(CC(C#N)NC(=O)[C@H]3N[C@@H]4CC[C@H]3C4)c(F)cc12. The number of hydrogen-bond acceptors (Lipinski definition) is 5. The van der Waals surface area contributed by atoms with Gasteiger partial charge in [-0.3, -0.25) is 9.59 Å². The Hall–Kier alpha value is -3.75. The summed E-state index contributed by atoms with van der Waals surface area (Å²) in [5.74, 6) is -0.506. The van der Waals surface area contributed by atoms with Gasteiger partial charge in [-0.25, -0.2) is 4.39 Å². The number of pyridine rings is 1. The molecule has 1 saturated heterocycles. The summed E-state index contributed by atoms with van der Waals surface area (Å²) in [5, 5.41) is 26.0. The van der Waals surface area contributed by atoms with E-state index >= 15 is 0 Å². The van der Waals surface area contributed by atoms with Gasteiger partial charge in [0.1, 0.15) is 11.9 Å². The van der Waals surface area contributed by atoms with Crippen molar-refractivity contribution in [1.29, 1.82) is 10.5 Å². The lowest BCUT2D eigenvalue weighted by Gasteiger charge is -2.23. The van der Waals surface area contributed by atoms with E-state index in [0.717, 1.165) is 19.3 Å². The Balaban J connectivity index is 1.44. The molecule has 1 amide bonds. The molecule has 160 valence electrons. The molecule has 2 aliphatic rings. The maximum Gasteiger partial charge on any atom is 0.256 e. The van der Waals surface area contributed by atoms with E-state index in [9.17, 15) is 19.2 Å². The third-order valence-corrected chi connectivity index (χ3v) is 6.66. The third kappa shape index (κ3) is 3.39. The molecule has 2 bridgehead atoms. The second kappa shape index (κ2) is 7.74. The number of rotatable bonds is 4. The molecule has 2 fully saturated rings. The number of carbonyl (C=O) groups excluding carboxylic acids is 1. The smallest absolute Gasteiger partial charge is 0.256 e. The topological polar surface area (TPSA) is 122 Å². The fraction of sp³-hybridized carbons (Fsp3) is 0.333. The normalized spacial score (nSPS) is 22.5. The molecule has 4 atom stereocenters. The maximum atomic E-state index is 15.0. The lowest BCUT2D eigenvalue weighted by Crippen LogP contribution is -2.50. The lowest BCUT2D eigenvalue weighted by atomic mass is 9.97. The molecule has 1 aliphatic carbocycles. The quantitative estimate of drug-likeness (QED) is 0.550. The molecule has 3 aromatic rings. The first-order valence-corrected chi connectivity index (χ1v) is 10.6. The van der Waals surface area contributed by atoms with Crippen LogP contribution in [0.1, 0.15) is 30.4 Å². The van der Waals surface area contributed by atoms with E-state index in [0.29, 0.717) is 27.9 Å². The number of nitrogens with one attached hydrogen (secondary N) is 3.